The van der Waals surface area contributed by atoms with Gasteiger partial charge < -0.3 is 34.4 Å². The molecule has 5 aromatic rings. The summed E-state index contributed by atoms with van der Waals surface area (Å²) in [5, 5.41) is 7.04. The first-order valence-corrected chi connectivity index (χ1v) is 13.1. The third-order valence-electron chi connectivity index (χ3n) is 6.76. The summed E-state index contributed by atoms with van der Waals surface area (Å²) in [5.74, 6) is 1.74. The molecule has 0 radical (unpaired) electrons. The third kappa shape index (κ3) is 4.91. The lowest BCUT2D eigenvalue weighted by molar-refractivity contribution is 0.0857. The number of benzene rings is 2. The number of nitrogens with zero attached hydrogens (tertiary/aromatic N) is 4. The number of aromatic nitrogens is 4. The van der Waals surface area contributed by atoms with E-state index in [1.165, 1.54) is 0 Å². The molecule has 3 aromatic heterocycles. The number of H-pyrrole nitrogens is 1. The number of ether oxygens (including phenoxy) is 2. The van der Waals surface area contributed by atoms with Crippen molar-refractivity contribution in [2.24, 2.45) is 0 Å². The van der Waals surface area contributed by atoms with Crippen molar-refractivity contribution < 1.29 is 18.7 Å². The smallest absolute Gasteiger partial charge is 0.251 e. The SMILES string of the molecule is COc1cc(C(=O)NC2CN(C)C2)ccc1Nc1nc(OC(C)C)c2c(-c3ccc4nc(C)oc4c3)c[nH]c2n1. The molecular formula is C29H31N7O4. The van der Waals surface area contributed by atoms with Crippen LogP contribution in [0.3, 0.4) is 0 Å². The van der Waals surface area contributed by atoms with E-state index in [-0.39, 0.29) is 18.1 Å². The lowest BCUT2D eigenvalue weighted by Gasteiger charge is -2.36. The molecule has 0 saturated carbocycles. The van der Waals surface area contributed by atoms with Crippen LogP contribution in [0.5, 0.6) is 11.6 Å². The van der Waals surface area contributed by atoms with Gasteiger partial charge >= 0.3 is 0 Å². The minimum Gasteiger partial charge on any atom is -0.495 e. The molecular weight excluding hydrogens is 510 g/mol. The van der Waals surface area contributed by atoms with Crippen LogP contribution in [0.25, 0.3) is 33.3 Å². The molecule has 1 amide bonds. The number of anilines is 2. The van der Waals surface area contributed by atoms with E-state index < -0.39 is 0 Å². The number of aromatic amines is 1. The summed E-state index contributed by atoms with van der Waals surface area (Å²) < 4.78 is 17.5. The number of rotatable bonds is 8. The Morgan fingerprint density at radius 1 is 1.15 bits per heavy atom. The maximum Gasteiger partial charge on any atom is 0.251 e. The van der Waals surface area contributed by atoms with E-state index in [9.17, 15) is 4.79 Å². The second-order valence-corrected chi connectivity index (χ2v) is 10.3. The normalized spacial score (nSPS) is 14.1. The van der Waals surface area contributed by atoms with Crippen molar-refractivity contribution in [2.45, 2.75) is 32.9 Å². The molecule has 0 bridgehead atoms. The molecule has 4 heterocycles. The van der Waals surface area contributed by atoms with Crippen LogP contribution in [0.1, 0.15) is 30.1 Å². The first-order valence-electron chi connectivity index (χ1n) is 13.1. The molecule has 6 rings (SSSR count). The summed E-state index contributed by atoms with van der Waals surface area (Å²) in [5.41, 5.74) is 5.07. The first kappa shape index (κ1) is 25.6. The zero-order chi connectivity index (χ0) is 28.0. The fourth-order valence-corrected chi connectivity index (χ4v) is 4.91. The lowest BCUT2D eigenvalue weighted by atomic mass is 10.1. The minimum atomic E-state index is -0.133. The number of nitrogens with one attached hydrogen (secondary N) is 3. The highest BCUT2D eigenvalue weighted by molar-refractivity contribution is 5.99. The van der Waals surface area contributed by atoms with E-state index >= 15 is 0 Å². The number of methoxy groups -OCH3 is 1. The van der Waals surface area contributed by atoms with Gasteiger partial charge in [0.1, 0.15) is 16.9 Å². The van der Waals surface area contributed by atoms with E-state index in [0.717, 1.165) is 35.1 Å². The highest BCUT2D eigenvalue weighted by Crippen LogP contribution is 2.37. The highest BCUT2D eigenvalue weighted by Gasteiger charge is 2.25. The lowest BCUT2D eigenvalue weighted by Crippen LogP contribution is -2.57. The van der Waals surface area contributed by atoms with Gasteiger partial charge in [0.05, 0.1) is 30.3 Å². The number of aryl methyl sites for hydroxylation is 1. The molecule has 0 spiro atoms. The van der Waals surface area contributed by atoms with Gasteiger partial charge in [0.15, 0.2) is 11.5 Å². The molecule has 0 unspecified atom stereocenters. The van der Waals surface area contributed by atoms with Crippen molar-refractivity contribution in [1.82, 2.24) is 30.2 Å². The van der Waals surface area contributed by atoms with Gasteiger partial charge in [-0.15, -0.1) is 0 Å². The quantitative estimate of drug-likeness (QED) is 0.257. The monoisotopic (exact) mass is 541 g/mol. The van der Waals surface area contributed by atoms with Crippen molar-refractivity contribution in [2.75, 3.05) is 32.6 Å². The molecule has 1 aliphatic heterocycles. The van der Waals surface area contributed by atoms with Crippen LogP contribution in [-0.4, -0.2) is 70.1 Å². The van der Waals surface area contributed by atoms with Crippen LogP contribution in [0.4, 0.5) is 11.6 Å². The molecule has 11 nitrogen and oxygen atoms in total. The minimum absolute atomic E-state index is 0.115. The Hall–Kier alpha value is -4.64. The van der Waals surface area contributed by atoms with Gasteiger partial charge in [-0.3, -0.25) is 4.79 Å². The summed E-state index contributed by atoms with van der Waals surface area (Å²) in [6.07, 6.45) is 1.77. The summed E-state index contributed by atoms with van der Waals surface area (Å²) in [6.45, 7) is 7.42. The van der Waals surface area contributed by atoms with Crippen molar-refractivity contribution in [1.29, 1.82) is 0 Å². The second-order valence-electron chi connectivity index (χ2n) is 10.3. The first-order chi connectivity index (χ1) is 19.3. The Bertz CT molecular complexity index is 1720. The number of carbonyl (C=O) groups is 1. The predicted octanol–water partition coefficient (Wildman–Crippen LogP) is 4.66. The number of carbonyl (C=O) groups excluding carboxylic acids is 1. The Morgan fingerprint density at radius 2 is 1.98 bits per heavy atom. The van der Waals surface area contributed by atoms with Crippen molar-refractivity contribution in [3.05, 3.63) is 54.0 Å². The molecule has 0 atom stereocenters. The van der Waals surface area contributed by atoms with Crippen LogP contribution < -0.4 is 20.1 Å². The number of likely N-dealkylation sites (tertiary alicyclic amines) is 1. The topological polar surface area (TPSA) is 130 Å². The Labute approximate surface area is 230 Å². The average Bonchev–Trinajstić information content (AvgIpc) is 3.49. The number of oxazole rings is 1. The van der Waals surface area contributed by atoms with Gasteiger partial charge in [-0.1, -0.05) is 6.07 Å². The predicted molar refractivity (Wildman–Crippen MR) is 152 cm³/mol. The van der Waals surface area contributed by atoms with Crippen molar-refractivity contribution in [3.8, 4) is 22.8 Å². The van der Waals surface area contributed by atoms with Crippen molar-refractivity contribution >= 4 is 39.7 Å². The molecule has 1 aliphatic rings. The number of amides is 1. The Morgan fingerprint density at radius 3 is 2.73 bits per heavy atom. The maximum absolute atomic E-state index is 12.7. The van der Waals surface area contributed by atoms with Crippen LogP contribution in [0, 0.1) is 6.92 Å². The highest BCUT2D eigenvalue weighted by atomic mass is 16.5. The number of hydrogen-bond donors (Lipinski definition) is 3. The molecule has 1 saturated heterocycles. The summed E-state index contributed by atoms with van der Waals surface area (Å²) >= 11 is 0. The third-order valence-corrected chi connectivity index (χ3v) is 6.76. The Kier molecular flexibility index (Phi) is 6.51. The van der Waals surface area contributed by atoms with Gasteiger partial charge in [-0.05, 0) is 56.8 Å². The standard InChI is InChI=1S/C29H31N7O4/c1-15(2)39-28-25-20(17-6-8-22-24(10-17)40-16(3)31-22)12-30-26(25)34-29(35-28)33-21-9-7-18(11-23(21)38-5)27(37)32-19-13-36(4)14-19/h6-12,15,19H,13-14H2,1-5H3,(H,32,37)(H2,30,33,34,35). The van der Waals surface area contributed by atoms with E-state index in [2.05, 4.69) is 25.5 Å². The van der Waals surface area contributed by atoms with Crippen molar-refractivity contribution in [3.63, 3.8) is 0 Å². The van der Waals surface area contributed by atoms with Gasteiger partial charge in [0.2, 0.25) is 11.8 Å². The second kappa shape index (κ2) is 10.2. The van der Waals surface area contributed by atoms with Crippen LogP contribution in [0.2, 0.25) is 0 Å². The largest absolute Gasteiger partial charge is 0.495 e. The molecule has 40 heavy (non-hydrogen) atoms. The zero-order valence-electron chi connectivity index (χ0n) is 23.0. The number of hydrogen-bond acceptors (Lipinski definition) is 9. The fourth-order valence-electron chi connectivity index (χ4n) is 4.91. The van der Waals surface area contributed by atoms with E-state index in [4.69, 9.17) is 23.9 Å². The zero-order valence-corrected chi connectivity index (χ0v) is 23.0. The van der Waals surface area contributed by atoms with Crippen LogP contribution >= 0.6 is 0 Å². The van der Waals surface area contributed by atoms with E-state index in [1.54, 1.807) is 25.3 Å². The molecule has 2 aromatic carbocycles. The number of likely N-dealkylation sites (N-methyl/N-ethyl adjacent to an activating group) is 1. The van der Waals surface area contributed by atoms with Gasteiger partial charge in [0.25, 0.3) is 5.91 Å². The molecule has 1 fully saturated rings. The molecule has 11 heteroatoms. The van der Waals surface area contributed by atoms with E-state index in [0.29, 0.717) is 45.9 Å². The number of fused-ring (bicyclic) bond motifs is 2. The van der Waals surface area contributed by atoms with Gasteiger partial charge in [-0.2, -0.15) is 9.97 Å². The summed E-state index contributed by atoms with van der Waals surface area (Å²) in [4.78, 5) is 32.0. The molecule has 0 aliphatic carbocycles. The summed E-state index contributed by atoms with van der Waals surface area (Å²) in [6, 6.07) is 11.3. The fraction of sp³-hybridized carbons (Fsp3) is 0.310. The summed E-state index contributed by atoms with van der Waals surface area (Å²) in [7, 11) is 3.58. The van der Waals surface area contributed by atoms with Gasteiger partial charge in [-0.25, -0.2) is 4.98 Å². The molecule has 3 N–H and O–H groups in total. The maximum atomic E-state index is 12.7. The van der Waals surface area contributed by atoms with Crippen LogP contribution in [-0.2, 0) is 0 Å². The average molecular weight is 542 g/mol. The van der Waals surface area contributed by atoms with Crippen LogP contribution in [0.15, 0.2) is 47.0 Å². The van der Waals surface area contributed by atoms with Gasteiger partial charge in [0, 0.05) is 37.3 Å². The molecule has 206 valence electrons. The van der Waals surface area contributed by atoms with E-state index in [1.807, 2.05) is 52.2 Å². The Balaban J connectivity index is 1.32.